The van der Waals surface area contributed by atoms with Crippen molar-refractivity contribution in [1.29, 1.82) is 0 Å². The Bertz CT molecular complexity index is 701. The number of H-pyrrole nitrogens is 2. The van der Waals surface area contributed by atoms with Gasteiger partial charge in [0.2, 0.25) is 0 Å². The summed E-state index contributed by atoms with van der Waals surface area (Å²) >= 11 is 1.09. The monoisotopic (exact) mass is 297 g/mol. The Morgan fingerprint density at radius 3 is 2.95 bits per heavy atom. The number of rotatable bonds is 6. The van der Waals surface area contributed by atoms with Gasteiger partial charge in [0.25, 0.3) is 5.69 Å². The van der Waals surface area contributed by atoms with Gasteiger partial charge >= 0.3 is 5.69 Å². The molecule has 2 N–H and O–H groups in total. The van der Waals surface area contributed by atoms with Crippen molar-refractivity contribution < 1.29 is 9.72 Å². The molecule has 0 spiro atoms. The van der Waals surface area contributed by atoms with Gasteiger partial charge in [0.1, 0.15) is 0 Å². The number of nitro groups is 1. The van der Waals surface area contributed by atoms with Crippen LogP contribution in [0.2, 0.25) is 0 Å². The average Bonchev–Trinajstić information content (AvgIpc) is 3.02. The van der Waals surface area contributed by atoms with E-state index in [9.17, 15) is 19.7 Å². The lowest BCUT2D eigenvalue weighted by Gasteiger charge is -2.00. The van der Waals surface area contributed by atoms with Crippen molar-refractivity contribution >= 4 is 23.2 Å². The van der Waals surface area contributed by atoms with Crippen LogP contribution in [0.1, 0.15) is 17.4 Å². The van der Waals surface area contributed by atoms with Crippen molar-refractivity contribution in [2.45, 2.75) is 18.6 Å². The van der Waals surface area contributed by atoms with Gasteiger partial charge in [-0.05, 0) is 6.92 Å². The van der Waals surface area contributed by atoms with E-state index in [0.29, 0.717) is 11.7 Å². The van der Waals surface area contributed by atoms with Crippen molar-refractivity contribution in [3.05, 3.63) is 38.6 Å². The number of carbonyl (C=O) groups is 1. The minimum atomic E-state index is -0.580. The predicted octanol–water partition coefficient (Wildman–Crippen LogP) is 0.803. The van der Waals surface area contributed by atoms with Crippen LogP contribution in [0.25, 0.3) is 0 Å². The molecule has 2 aromatic rings. The molecule has 0 bridgehead atoms. The maximum Gasteiger partial charge on any atom is 0.343 e. The van der Waals surface area contributed by atoms with E-state index in [1.165, 1.54) is 10.6 Å². The summed E-state index contributed by atoms with van der Waals surface area (Å²) < 4.78 is 1.40. The molecule has 0 unspecified atom stereocenters. The zero-order chi connectivity index (χ0) is 14.7. The molecular formula is C10H11N5O4S. The Labute approximate surface area is 116 Å². The fraction of sp³-hybridized carbons (Fsp3) is 0.300. The van der Waals surface area contributed by atoms with Gasteiger partial charge in [-0.15, -0.1) is 5.10 Å². The van der Waals surface area contributed by atoms with E-state index in [4.69, 9.17) is 0 Å². The second-order valence-electron chi connectivity index (χ2n) is 3.80. The van der Waals surface area contributed by atoms with Crippen molar-refractivity contribution in [2.24, 2.45) is 0 Å². The van der Waals surface area contributed by atoms with Gasteiger partial charge in [0.05, 0.1) is 22.6 Å². The number of aromatic amines is 2. The number of hydrogen-bond donors (Lipinski definition) is 2. The van der Waals surface area contributed by atoms with Crippen LogP contribution in [0, 0.1) is 10.1 Å². The van der Waals surface area contributed by atoms with E-state index >= 15 is 0 Å². The molecular weight excluding hydrogens is 286 g/mol. The minimum Gasteiger partial charge on any atom is -0.353 e. The molecule has 0 aliphatic rings. The highest BCUT2D eigenvalue weighted by Gasteiger charge is 2.16. The summed E-state index contributed by atoms with van der Waals surface area (Å²) in [7, 11) is 0. The van der Waals surface area contributed by atoms with Crippen molar-refractivity contribution in [3.8, 4) is 0 Å². The zero-order valence-corrected chi connectivity index (χ0v) is 11.3. The van der Waals surface area contributed by atoms with Gasteiger partial charge in [0.15, 0.2) is 10.9 Å². The van der Waals surface area contributed by atoms with E-state index in [1.54, 1.807) is 6.92 Å². The third kappa shape index (κ3) is 2.79. The molecule has 0 aliphatic heterocycles. The summed E-state index contributed by atoms with van der Waals surface area (Å²) in [6.45, 7) is 2.23. The number of ketones is 1. The van der Waals surface area contributed by atoms with E-state index in [-0.39, 0.29) is 28.6 Å². The number of hydrogen-bond acceptors (Lipinski definition) is 6. The minimum absolute atomic E-state index is 0.0297. The quantitative estimate of drug-likeness (QED) is 0.351. The summed E-state index contributed by atoms with van der Waals surface area (Å²) in [6, 6.07) is 1.18. The van der Waals surface area contributed by atoms with Crippen LogP contribution in [0.3, 0.4) is 0 Å². The first-order chi connectivity index (χ1) is 9.52. The fourth-order valence-electron chi connectivity index (χ4n) is 1.55. The second kappa shape index (κ2) is 5.74. The lowest BCUT2D eigenvalue weighted by molar-refractivity contribution is -0.384. The molecule has 2 rings (SSSR count). The van der Waals surface area contributed by atoms with E-state index in [1.807, 2.05) is 0 Å². The third-order valence-electron chi connectivity index (χ3n) is 2.55. The molecule has 10 heteroatoms. The Kier molecular flexibility index (Phi) is 4.03. The Morgan fingerprint density at radius 2 is 2.35 bits per heavy atom. The van der Waals surface area contributed by atoms with Crippen LogP contribution < -0.4 is 5.69 Å². The topological polar surface area (TPSA) is 127 Å². The normalized spacial score (nSPS) is 10.7. The highest BCUT2D eigenvalue weighted by molar-refractivity contribution is 7.99. The predicted molar refractivity (Wildman–Crippen MR) is 71.0 cm³/mol. The van der Waals surface area contributed by atoms with Crippen molar-refractivity contribution in [2.75, 3.05) is 5.75 Å². The number of nitrogens with zero attached hydrogens (tertiary/aromatic N) is 3. The molecule has 2 heterocycles. The second-order valence-corrected chi connectivity index (χ2v) is 4.74. The van der Waals surface area contributed by atoms with E-state index < -0.39 is 4.92 Å². The number of nitrogens with one attached hydrogen (secondary N) is 2. The Balaban J connectivity index is 2.04. The molecule has 0 atom stereocenters. The summed E-state index contributed by atoms with van der Waals surface area (Å²) in [5.74, 6) is -0.275. The number of thioether (sulfide) groups is 1. The Hall–Kier alpha value is -2.36. The lowest BCUT2D eigenvalue weighted by Crippen LogP contribution is -2.16. The maximum atomic E-state index is 11.9. The molecule has 2 aromatic heterocycles. The van der Waals surface area contributed by atoms with Crippen LogP contribution >= 0.6 is 11.8 Å². The first-order valence-electron chi connectivity index (χ1n) is 5.67. The zero-order valence-electron chi connectivity index (χ0n) is 10.5. The standard InChI is InChI=1S/C10H11N5O4S/c1-2-14-9(17)12-13-10(14)20-5-8(16)7-3-6(4-11-7)15(18)19/h3-4,11H,2,5H2,1H3,(H,12,17). The summed E-state index contributed by atoms with van der Waals surface area (Å²) in [5.41, 5.74) is -0.341. The van der Waals surface area contributed by atoms with Crippen LogP contribution in [-0.2, 0) is 6.54 Å². The molecule has 0 radical (unpaired) electrons. The summed E-state index contributed by atoms with van der Waals surface area (Å²) in [4.78, 5) is 35.7. The SMILES string of the molecule is CCn1c(SCC(=O)c2cc([N+](=O)[O-])c[nH]2)n[nH]c1=O. The van der Waals surface area contributed by atoms with Crippen LogP contribution in [0.4, 0.5) is 5.69 Å². The van der Waals surface area contributed by atoms with Crippen LogP contribution in [-0.4, -0.2) is 36.2 Å². The number of carbonyl (C=O) groups excluding carboxylic acids is 1. The molecule has 0 aromatic carbocycles. The van der Waals surface area contributed by atoms with Gasteiger partial charge in [0, 0.05) is 12.6 Å². The van der Waals surface area contributed by atoms with Gasteiger partial charge in [-0.1, -0.05) is 11.8 Å². The third-order valence-corrected chi connectivity index (χ3v) is 3.53. The molecule has 0 amide bonds. The number of aromatic nitrogens is 4. The van der Waals surface area contributed by atoms with Crippen molar-refractivity contribution in [3.63, 3.8) is 0 Å². The summed E-state index contributed by atoms with van der Waals surface area (Å²) in [6.07, 6.45) is 1.16. The maximum absolute atomic E-state index is 11.9. The van der Waals surface area contributed by atoms with Crippen LogP contribution in [0.15, 0.2) is 22.2 Å². The van der Waals surface area contributed by atoms with Gasteiger partial charge in [-0.2, -0.15) is 0 Å². The first kappa shape index (κ1) is 14.1. The molecule has 0 fully saturated rings. The highest BCUT2D eigenvalue weighted by atomic mass is 32.2. The van der Waals surface area contributed by atoms with E-state index in [0.717, 1.165) is 18.0 Å². The summed E-state index contributed by atoms with van der Waals surface area (Å²) in [5, 5.41) is 17.0. The number of Topliss-reactive ketones (excluding diaryl/α,β-unsaturated/α-hetero) is 1. The molecule has 0 aliphatic carbocycles. The molecule has 9 nitrogen and oxygen atoms in total. The smallest absolute Gasteiger partial charge is 0.343 e. The van der Waals surface area contributed by atoms with Crippen LogP contribution in [0.5, 0.6) is 0 Å². The van der Waals surface area contributed by atoms with Gasteiger partial charge < -0.3 is 4.98 Å². The average molecular weight is 297 g/mol. The fourth-order valence-corrected chi connectivity index (χ4v) is 2.44. The largest absolute Gasteiger partial charge is 0.353 e. The Morgan fingerprint density at radius 1 is 1.60 bits per heavy atom. The van der Waals surface area contributed by atoms with Gasteiger partial charge in [-0.25, -0.2) is 9.89 Å². The molecule has 0 saturated carbocycles. The lowest BCUT2D eigenvalue weighted by atomic mass is 10.3. The van der Waals surface area contributed by atoms with Crippen molar-refractivity contribution in [1.82, 2.24) is 19.7 Å². The highest BCUT2D eigenvalue weighted by Crippen LogP contribution is 2.17. The molecule has 20 heavy (non-hydrogen) atoms. The molecule has 0 saturated heterocycles. The van der Waals surface area contributed by atoms with Gasteiger partial charge in [-0.3, -0.25) is 19.5 Å². The molecule has 106 valence electrons. The first-order valence-corrected chi connectivity index (χ1v) is 6.65. The van der Waals surface area contributed by atoms with E-state index in [2.05, 4.69) is 15.2 Å².